The molecule has 0 aliphatic rings. The molecule has 0 unspecified atom stereocenters. The zero-order valence-electron chi connectivity index (χ0n) is 18.6. The van der Waals surface area contributed by atoms with Crippen LogP contribution in [0.3, 0.4) is 0 Å². The fourth-order valence-corrected chi connectivity index (χ4v) is 6.17. The quantitative estimate of drug-likeness (QED) is 0.161. The third-order valence-electron chi connectivity index (χ3n) is 4.86. The largest absolute Gasteiger partial charge is 0.500 e. The highest BCUT2D eigenvalue weighted by Gasteiger charge is 2.39. The fraction of sp³-hybridized carbons (Fsp3) is 1.00. The second-order valence-corrected chi connectivity index (χ2v) is 10.5. The highest BCUT2D eigenvalue weighted by Crippen LogP contribution is 2.21. The van der Waals surface area contributed by atoms with Gasteiger partial charge in [0.25, 0.3) is 0 Å². The molecule has 4 heteroatoms. The van der Waals surface area contributed by atoms with Gasteiger partial charge in [0.2, 0.25) is 0 Å². The molecule has 0 aliphatic heterocycles. The molecule has 0 saturated heterocycles. The highest BCUT2D eigenvalue weighted by atomic mass is 28.4. The summed E-state index contributed by atoms with van der Waals surface area (Å²) in [7, 11) is -2.40. The van der Waals surface area contributed by atoms with Gasteiger partial charge >= 0.3 is 8.80 Å². The lowest BCUT2D eigenvalue weighted by Crippen LogP contribution is -2.45. The van der Waals surface area contributed by atoms with Crippen LogP contribution in [0.5, 0.6) is 0 Å². The minimum atomic E-state index is -2.40. The van der Waals surface area contributed by atoms with E-state index in [1.54, 1.807) is 0 Å². The van der Waals surface area contributed by atoms with Crippen molar-refractivity contribution in [2.75, 3.05) is 19.8 Å². The number of hydrogen-bond donors (Lipinski definition) is 0. The normalized spacial score (nSPS) is 12.2. The van der Waals surface area contributed by atoms with Gasteiger partial charge in [-0.2, -0.15) is 0 Å². The van der Waals surface area contributed by atoms with E-state index in [4.69, 9.17) is 13.3 Å². The minimum Gasteiger partial charge on any atom is -0.374 e. The van der Waals surface area contributed by atoms with E-state index in [1.807, 2.05) is 20.8 Å². The average Bonchev–Trinajstić information content (AvgIpc) is 2.59. The van der Waals surface area contributed by atoms with Crippen molar-refractivity contribution in [3.63, 3.8) is 0 Å². The summed E-state index contributed by atoms with van der Waals surface area (Å²) >= 11 is 0. The summed E-state index contributed by atoms with van der Waals surface area (Å²) in [6.45, 7) is 12.8. The van der Waals surface area contributed by atoms with E-state index in [2.05, 4.69) is 13.8 Å². The second kappa shape index (κ2) is 18.5. The van der Waals surface area contributed by atoms with Gasteiger partial charge in [-0.25, -0.2) is 0 Å². The maximum Gasteiger partial charge on any atom is 0.500 e. The van der Waals surface area contributed by atoms with Crippen molar-refractivity contribution in [3.8, 4) is 0 Å². The van der Waals surface area contributed by atoms with Crippen molar-refractivity contribution < 1.29 is 13.3 Å². The Bertz CT molecular complexity index is 268. The lowest BCUT2D eigenvalue weighted by atomic mass is 10.0. The Balaban J connectivity index is 3.55. The maximum atomic E-state index is 5.92. The van der Waals surface area contributed by atoms with Crippen LogP contribution >= 0.6 is 0 Å². The monoisotopic (exact) mass is 388 g/mol. The standard InChI is InChI=1S/C22H48O3Si/c1-6-23-26(24-7-2,25-8-3)21-19-17-15-13-11-9-10-12-14-16-18-20-22(4)5/h22H,6-21H2,1-5H3. The fourth-order valence-electron chi connectivity index (χ4n) is 3.49. The molecule has 0 atom stereocenters. The van der Waals surface area contributed by atoms with Crippen molar-refractivity contribution in [2.45, 2.75) is 118 Å². The van der Waals surface area contributed by atoms with Crippen LogP contribution in [0.1, 0.15) is 112 Å². The van der Waals surface area contributed by atoms with Crippen LogP contribution in [-0.4, -0.2) is 28.6 Å². The van der Waals surface area contributed by atoms with Gasteiger partial charge in [-0.15, -0.1) is 0 Å². The predicted octanol–water partition coefficient (Wildman–Crippen LogP) is 7.37. The van der Waals surface area contributed by atoms with Gasteiger partial charge in [0.15, 0.2) is 0 Å². The predicted molar refractivity (Wildman–Crippen MR) is 116 cm³/mol. The molecule has 0 rings (SSSR count). The second-order valence-electron chi connectivity index (χ2n) is 7.80. The number of unbranched alkanes of at least 4 members (excludes halogenated alkanes) is 10. The maximum absolute atomic E-state index is 5.92. The first-order valence-electron chi connectivity index (χ1n) is 11.5. The van der Waals surface area contributed by atoms with Crippen LogP contribution in [0.2, 0.25) is 6.04 Å². The molecule has 0 aromatic heterocycles. The molecular formula is C22H48O3Si. The van der Waals surface area contributed by atoms with Crippen LogP contribution in [0.25, 0.3) is 0 Å². The van der Waals surface area contributed by atoms with Gasteiger partial charge in [0.1, 0.15) is 0 Å². The molecule has 0 spiro atoms. The Hall–Kier alpha value is 0.0969. The molecule has 0 amide bonds. The Kier molecular flexibility index (Phi) is 18.5. The molecule has 0 aromatic rings. The highest BCUT2D eigenvalue weighted by molar-refractivity contribution is 6.60. The Morgan fingerprint density at radius 1 is 0.538 bits per heavy atom. The van der Waals surface area contributed by atoms with Crippen molar-refractivity contribution in [2.24, 2.45) is 5.92 Å². The van der Waals surface area contributed by atoms with E-state index in [-0.39, 0.29) is 0 Å². The first kappa shape index (κ1) is 26.1. The molecule has 0 N–H and O–H groups in total. The van der Waals surface area contributed by atoms with Gasteiger partial charge in [0.05, 0.1) is 0 Å². The molecule has 0 saturated carbocycles. The zero-order chi connectivity index (χ0) is 19.5. The molecular weight excluding hydrogens is 340 g/mol. The van der Waals surface area contributed by atoms with E-state index < -0.39 is 8.80 Å². The molecule has 3 nitrogen and oxygen atoms in total. The van der Waals surface area contributed by atoms with Crippen LogP contribution < -0.4 is 0 Å². The number of hydrogen-bond acceptors (Lipinski definition) is 3. The van der Waals surface area contributed by atoms with E-state index in [0.29, 0.717) is 19.8 Å². The minimum absolute atomic E-state index is 0.684. The average molecular weight is 389 g/mol. The molecule has 158 valence electrons. The van der Waals surface area contributed by atoms with Crippen molar-refractivity contribution in [1.82, 2.24) is 0 Å². The van der Waals surface area contributed by atoms with E-state index in [0.717, 1.165) is 12.0 Å². The van der Waals surface area contributed by atoms with Crippen LogP contribution in [-0.2, 0) is 13.3 Å². The summed E-state index contributed by atoms with van der Waals surface area (Å²) in [5.74, 6) is 0.874. The molecule has 26 heavy (non-hydrogen) atoms. The summed E-state index contributed by atoms with van der Waals surface area (Å²) in [5.41, 5.74) is 0. The van der Waals surface area contributed by atoms with Gasteiger partial charge in [-0.1, -0.05) is 84.5 Å². The summed E-state index contributed by atoms with van der Waals surface area (Å²) in [6.07, 6.45) is 16.5. The van der Waals surface area contributed by atoms with Crippen molar-refractivity contribution >= 4 is 8.80 Å². The van der Waals surface area contributed by atoms with Crippen LogP contribution in [0.15, 0.2) is 0 Å². The molecule has 0 aromatic carbocycles. The SMILES string of the molecule is CCO[Si](CCCCCCCCCCCCCC(C)C)(OCC)OCC. The molecule has 0 heterocycles. The first-order chi connectivity index (χ1) is 12.6. The summed E-state index contributed by atoms with van der Waals surface area (Å²) in [6, 6.07) is 0.971. The van der Waals surface area contributed by atoms with E-state index in [1.165, 1.54) is 77.0 Å². The molecule has 0 bridgehead atoms. The lowest BCUT2D eigenvalue weighted by molar-refractivity contribution is 0.0706. The van der Waals surface area contributed by atoms with E-state index in [9.17, 15) is 0 Å². The molecule has 0 fully saturated rings. The third kappa shape index (κ3) is 15.2. The molecule has 0 radical (unpaired) electrons. The third-order valence-corrected chi connectivity index (χ3v) is 8.01. The smallest absolute Gasteiger partial charge is 0.374 e. The first-order valence-corrected chi connectivity index (χ1v) is 13.4. The van der Waals surface area contributed by atoms with Gasteiger partial charge in [-0.05, 0) is 33.1 Å². The van der Waals surface area contributed by atoms with Crippen LogP contribution in [0.4, 0.5) is 0 Å². The van der Waals surface area contributed by atoms with E-state index >= 15 is 0 Å². The van der Waals surface area contributed by atoms with Gasteiger partial charge in [0, 0.05) is 25.9 Å². The van der Waals surface area contributed by atoms with Crippen molar-refractivity contribution in [3.05, 3.63) is 0 Å². The molecule has 0 aliphatic carbocycles. The van der Waals surface area contributed by atoms with Gasteiger partial charge < -0.3 is 13.3 Å². The summed E-state index contributed by atoms with van der Waals surface area (Å²) in [5, 5.41) is 0. The van der Waals surface area contributed by atoms with Crippen LogP contribution in [0, 0.1) is 5.92 Å². The Morgan fingerprint density at radius 2 is 0.885 bits per heavy atom. The number of rotatable bonds is 20. The summed E-state index contributed by atoms with van der Waals surface area (Å²) < 4.78 is 17.8. The lowest BCUT2D eigenvalue weighted by Gasteiger charge is -2.28. The van der Waals surface area contributed by atoms with Gasteiger partial charge in [-0.3, -0.25) is 0 Å². The van der Waals surface area contributed by atoms with Crippen molar-refractivity contribution in [1.29, 1.82) is 0 Å². The summed E-state index contributed by atoms with van der Waals surface area (Å²) in [4.78, 5) is 0. The Labute approximate surface area is 165 Å². The topological polar surface area (TPSA) is 27.7 Å². The Morgan fingerprint density at radius 3 is 1.23 bits per heavy atom. The zero-order valence-corrected chi connectivity index (χ0v) is 19.6.